The lowest BCUT2D eigenvalue weighted by Crippen LogP contribution is -2.23. The number of ether oxygens (including phenoxy) is 3. The van der Waals surface area contributed by atoms with Crippen molar-refractivity contribution in [1.29, 1.82) is 0 Å². The molecule has 6 nitrogen and oxygen atoms in total. The maximum atomic E-state index is 5.88. The summed E-state index contributed by atoms with van der Waals surface area (Å²) in [6.07, 6.45) is 3.52. The van der Waals surface area contributed by atoms with Crippen molar-refractivity contribution in [1.82, 2.24) is 0 Å². The molecular formula is C15H24IN3O3. The van der Waals surface area contributed by atoms with Gasteiger partial charge in [-0.2, -0.15) is 0 Å². The molecule has 22 heavy (non-hydrogen) atoms. The Hall–Kier alpha value is -1.22. The smallest absolute Gasteiger partial charge is 0.193 e. The second-order valence-electron chi connectivity index (χ2n) is 4.89. The zero-order valence-corrected chi connectivity index (χ0v) is 15.3. The molecule has 1 aliphatic rings. The molecule has 1 aromatic carbocycles. The van der Waals surface area contributed by atoms with Gasteiger partial charge in [0.2, 0.25) is 0 Å². The molecule has 0 aromatic heterocycles. The molecule has 1 fully saturated rings. The second-order valence-corrected chi connectivity index (χ2v) is 4.89. The Morgan fingerprint density at radius 3 is 2.77 bits per heavy atom. The van der Waals surface area contributed by atoms with Gasteiger partial charge in [0.25, 0.3) is 0 Å². The van der Waals surface area contributed by atoms with Crippen LogP contribution in [-0.2, 0) is 4.74 Å². The minimum absolute atomic E-state index is 0. The topological polar surface area (TPSA) is 78.1 Å². The van der Waals surface area contributed by atoms with Gasteiger partial charge in [-0.3, -0.25) is 4.99 Å². The first-order chi connectivity index (χ1) is 10.2. The van der Waals surface area contributed by atoms with E-state index < -0.39 is 0 Å². The lowest BCUT2D eigenvalue weighted by molar-refractivity contribution is 0.106. The number of nitrogens with two attached hydrogens (primary N) is 1. The summed E-state index contributed by atoms with van der Waals surface area (Å²) in [5.41, 5.74) is 6.69. The Balaban J connectivity index is 0.00000242. The van der Waals surface area contributed by atoms with Crippen LogP contribution in [0, 0.1) is 0 Å². The molecule has 7 heteroatoms. The third-order valence-electron chi connectivity index (χ3n) is 3.41. The summed E-state index contributed by atoms with van der Waals surface area (Å²) in [6.45, 7) is 1.53. The van der Waals surface area contributed by atoms with E-state index in [1.807, 2.05) is 18.2 Å². The van der Waals surface area contributed by atoms with Crippen molar-refractivity contribution in [3.8, 4) is 11.5 Å². The molecule has 1 heterocycles. The van der Waals surface area contributed by atoms with Gasteiger partial charge >= 0.3 is 0 Å². The van der Waals surface area contributed by atoms with Crippen LogP contribution in [0.2, 0.25) is 0 Å². The van der Waals surface area contributed by atoms with Gasteiger partial charge in [-0.1, -0.05) is 0 Å². The van der Waals surface area contributed by atoms with Crippen molar-refractivity contribution in [3.05, 3.63) is 18.2 Å². The summed E-state index contributed by atoms with van der Waals surface area (Å²) in [5, 5.41) is 3.04. The number of methoxy groups -OCH3 is 2. The van der Waals surface area contributed by atoms with Crippen LogP contribution in [0.15, 0.2) is 23.2 Å². The van der Waals surface area contributed by atoms with E-state index in [1.165, 1.54) is 0 Å². The summed E-state index contributed by atoms with van der Waals surface area (Å²) < 4.78 is 16.0. The molecule has 1 saturated heterocycles. The molecule has 1 aliphatic heterocycles. The van der Waals surface area contributed by atoms with Gasteiger partial charge in [-0.15, -0.1) is 24.0 Å². The highest BCUT2D eigenvalue weighted by molar-refractivity contribution is 14.0. The van der Waals surface area contributed by atoms with Gasteiger partial charge in [-0.05, 0) is 31.4 Å². The summed E-state index contributed by atoms with van der Waals surface area (Å²) >= 11 is 0. The maximum Gasteiger partial charge on any atom is 0.193 e. The van der Waals surface area contributed by atoms with Gasteiger partial charge in [-0.25, -0.2) is 0 Å². The first-order valence-electron chi connectivity index (χ1n) is 7.13. The van der Waals surface area contributed by atoms with Crippen molar-refractivity contribution in [2.75, 3.05) is 32.7 Å². The molecule has 3 N–H and O–H groups in total. The molecule has 0 radical (unpaired) electrons. The van der Waals surface area contributed by atoms with Gasteiger partial charge in [0.15, 0.2) is 17.5 Å². The van der Waals surface area contributed by atoms with E-state index in [2.05, 4.69) is 10.3 Å². The highest BCUT2D eigenvalue weighted by Gasteiger charge is 2.14. The van der Waals surface area contributed by atoms with Crippen LogP contribution in [0.3, 0.4) is 0 Å². The Bertz CT molecular complexity index is 491. The third-order valence-corrected chi connectivity index (χ3v) is 3.41. The Morgan fingerprint density at radius 1 is 1.36 bits per heavy atom. The molecule has 2 rings (SSSR count). The molecule has 0 bridgehead atoms. The normalized spacial score (nSPS) is 17.7. The molecule has 0 amide bonds. The number of hydrogen-bond acceptors (Lipinski definition) is 4. The van der Waals surface area contributed by atoms with E-state index in [4.69, 9.17) is 19.9 Å². The fraction of sp³-hybridized carbons (Fsp3) is 0.533. The molecule has 1 aromatic rings. The highest BCUT2D eigenvalue weighted by atomic mass is 127. The van der Waals surface area contributed by atoms with Crippen molar-refractivity contribution in [3.63, 3.8) is 0 Å². The number of nitrogens with zero attached hydrogens (tertiary/aromatic N) is 1. The molecule has 124 valence electrons. The fourth-order valence-corrected chi connectivity index (χ4v) is 2.30. The quantitative estimate of drug-likeness (QED) is 0.420. The average molecular weight is 421 g/mol. The zero-order valence-electron chi connectivity index (χ0n) is 13.0. The Labute approximate surface area is 148 Å². The second kappa shape index (κ2) is 9.73. The highest BCUT2D eigenvalue weighted by Crippen LogP contribution is 2.29. The van der Waals surface area contributed by atoms with Crippen LogP contribution in [0.25, 0.3) is 0 Å². The lowest BCUT2D eigenvalue weighted by Gasteiger charge is -2.11. The van der Waals surface area contributed by atoms with Crippen LogP contribution < -0.4 is 20.5 Å². The summed E-state index contributed by atoms with van der Waals surface area (Å²) in [7, 11) is 3.20. The minimum atomic E-state index is 0. The Morgan fingerprint density at radius 2 is 2.14 bits per heavy atom. The Kier molecular flexibility index (Phi) is 8.32. The number of aliphatic imine (C=N–C) groups is 1. The molecule has 1 unspecified atom stereocenters. The van der Waals surface area contributed by atoms with Crippen molar-refractivity contribution >= 4 is 35.6 Å². The van der Waals surface area contributed by atoms with Crippen LogP contribution in [0.4, 0.5) is 5.69 Å². The van der Waals surface area contributed by atoms with E-state index in [0.717, 1.165) is 31.6 Å². The largest absolute Gasteiger partial charge is 0.493 e. The van der Waals surface area contributed by atoms with E-state index in [1.54, 1.807) is 14.2 Å². The van der Waals surface area contributed by atoms with Crippen LogP contribution >= 0.6 is 24.0 Å². The summed E-state index contributed by atoms with van der Waals surface area (Å²) in [6, 6.07) is 5.51. The predicted octanol–water partition coefficient (Wildman–Crippen LogP) is 2.62. The zero-order chi connectivity index (χ0) is 15.1. The first kappa shape index (κ1) is 18.8. The molecule has 0 saturated carbocycles. The SMILES string of the molecule is COc1ccc(NC(N)=NCCC2CCCO2)cc1OC.I. The lowest BCUT2D eigenvalue weighted by atomic mass is 10.2. The van der Waals surface area contributed by atoms with Gasteiger partial charge < -0.3 is 25.3 Å². The van der Waals surface area contributed by atoms with Crippen LogP contribution in [0.1, 0.15) is 19.3 Å². The molecule has 0 spiro atoms. The first-order valence-corrected chi connectivity index (χ1v) is 7.13. The number of nitrogens with one attached hydrogen (secondary N) is 1. The minimum Gasteiger partial charge on any atom is -0.493 e. The van der Waals surface area contributed by atoms with Crippen molar-refractivity contribution in [2.45, 2.75) is 25.4 Å². The number of benzene rings is 1. The molecular weight excluding hydrogens is 397 g/mol. The number of guanidine groups is 1. The van der Waals surface area contributed by atoms with E-state index in [0.29, 0.717) is 30.1 Å². The standard InChI is InChI=1S/C15H23N3O3.HI/c1-19-13-6-5-11(10-14(13)20-2)18-15(16)17-8-7-12-4-3-9-21-12;/h5-6,10,12H,3-4,7-9H2,1-2H3,(H3,16,17,18);1H. The van der Waals surface area contributed by atoms with Crippen molar-refractivity contribution < 1.29 is 14.2 Å². The van der Waals surface area contributed by atoms with Gasteiger partial charge in [0.1, 0.15) is 0 Å². The molecule has 1 atom stereocenters. The number of halogens is 1. The third kappa shape index (κ3) is 5.53. The van der Waals surface area contributed by atoms with E-state index >= 15 is 0 Å². The fourth-order valence-electron chi connectivity index (χ4n) is 2.30. The monoisotopic (exact) mass is 421 g/mol. The average Bonchev–Trinajstić information content (AvgIpc) is 3.00. The number of anilines is 1. The predicted molar refractivity (Wildman–Crippen MR) is 98.7 cm³/mol. The summed E-state index contributed by atoms with van der Waals surface area (Å²) in [5.74, 6) is 1.71. The molecule has 0 aliphatic carbocycles. The van der Waals surface area contributed by atoms with Crippen LogP contribution in [-0.4, -0.2) is 39.4 Å². The van der Waals surface area contributed by atoms with Gasteiger partial charge in [0, 0.05) is 24.9 Å². The number of rotatable bonds is 6. The number of hydrogen-bond donors (Lipinski definition) is 2. The van der Waals surface area contributed by atoms with Crippen LogP contribution in [0.5, 0.6) is 11.5 Å². The van der Waals surface area contributed by atoms with E-state index in [-0.39, 0.29) is 24.0 Å². The van der Waals surface area contributed by atoms with Crippen molar-refractivity contribution in [2.24, 2.45) is 10.7 Å². The summed E-state index contributed by atoms with van der Waals surface area (Å²) in [4.78, 5) is 4.31. The maximum absolute atomic E-state index is 5.88. The van der Waals surface area contributed by atoms with Gasteiger partial charge in [0.05, 0.1) is 20.3 Å². The van der Waals surface area contributed by atoms with E-state index in [9.17, 15) is 0 Å².